The first-order chi connectivity index (χ1) is 9.67. The van der Waals surface area contributed by atoms with Gasteiger partial charge >= 0.3 is 0 Å². The first-order valence-electron chi connectivity index (χ1n) is 6.18. The van der Waals surface area contributed by atoms with Crippen LogP contribution in [0.4, 0.5) is 4.39 Å². The minimum Gasteiger partial charge on any atom is -0.497 e. The third kappa shape index (κ3) is 2.32. The van der Waals surface area contributed by atoms with Crippen molar-refractivity contribution < 1.29 is 9.13 Å². The molecule has 0 aliphatic rings. The molecule has 1 heterocycles. The van der Waals surface area contributed by atoms with Gasteiger partial charge in [0.25, 0.3) is 0 Å². The molecule has 20 heavy (non-hydrogen) atoms. The quantitative estimate of drug-likeness (QED) is 0.741. The number of ether oxygens (including phenoxy) is 1. The highest BCUT2D eigenvalue weighted by Gasteiger charge is 2.06. The summed E-state index contributed by atoms with van der Waals surface area (Å²) < 4.78 is 21.0. The summed E-state index contributed by atoms with van der Waals surface area (Å²) in [5.41, 5.74) is 2.67. The number of hydrogen-bond acceptors (Lipinski definition) is 2. The molecule has 0 spiro atoms. The van der Waals surface area contributed by atoms with Gasteiger partial charge in [0.1, 0.15) is 11.6 Å². The highest BCUT2D eigenvalue weighted by molar-refractivity contribution is 7.71. The molecule has 0 atom stereocenters. The number of halogens is 1. The van der Waals surface area contributed by atoms with Crippen molar-refractivity contribution in [3.63, 3.8) is 0 Å². The normalized spacial score (nSPS) is 10.9. The van der Waals surface area contributed by atoms with Crippen LogP contribution in [0.5, 0.6) is 5.75 Å². The molecule has 0 fully saturated rings. The molecule has 0 unspecified atom stereocenters. The zero-order chi connectivity index (χ0) is 14.1. The van der Waals surface area contributed by atoms with Crippen LogP contribution in [0.2, 0.25) is 0 Å². The Bertz CT molecular complexity index is 822. The molecule has 0 saturated heterocycles. The first kappa shape index (κ1) is 12.9. The Morgan fingerprint density at radius 3 is 2.90 bits per heavy atom. The molecule has 3 rings (SSSR count). The van der Waals surface area contributed by atoms with Crippen LogP contribution in [0.3, 0.4) is 0 Å². The number of imidazole rings is 1. The summed E-state index contributed by atoms with van der Waals surface area (Å²) in [4.78, 5) is 3.02. The van der Waals surface area contributed by atoms with Crippen molar-refractivity contribution in [2.24, 2.45) is 0 Å². The topological polar surface area (TPSA) is 29.9 Å². The van der Waals surface area contributed by atoms with E-state index in [0.29, 0.717) is 16.8 Å². The van der Waals surface area contributed by atoms with E-state index in [1.165, 1.54) is 12.1 Å². The van der Waals surface area contributed by atoms with Gasteiger partial charge in [0.05, 0.1) is 24.7 Å². The molecular formula is C15H13FN2OS. The van der Waals surface area contributed by atoms with Gasteiger partial charge in [-0.1, -0.05) is 12.1 Å². The maximum atomic E-state index is 13.2. The fourth-order valence-corrected chi connectivity index (χ4v) is 2.52. The van der Waals surface area contributed by atoms with Crippen LogP contribution in [-0.2, 0) is 6.54 Å². The monoisotopic (exact) mass is 288 g/mol. The van der Waals surface area contributed by atoms with Gasteiger partial charge in [0, 0.05) is 0 Å². The largest absolute Gasteiger partial charge is 0.497 e. The lowest BCUT2D eigenvalue weighted by Gasteiger charge is -2.07. The molecule has 0 aliphatic heterocycles. The Morgan fingerprint density at radius 1 is 1.25 bits per heavy atom. The van der Waals surface area contributed by atoms with Gasteiger partial charge in [-0.3, -0.25) is 0 Å². The van der Waals surface area contributed by atoms with Crippen molar-refractivity contribution in [1.82, 2.24) is 9.55 Å². The highest BCUT2D eigenvalue weighted by atomic mass is 32.1. The second kappa shape index (κ2) is 5.09. The van der Waals surface area contributed by atoms with Gasteiger partial charge < -0.3 is 14.3 Å². The Labute approximate surface area is 120 Å². The van der Waals surface area contributed by atoms with Gasteiger partial charge in [-0.15, -0.1) is 0 Å². The van der Waals surface area contributed by atoms with Crippen molar-refractivity contribution in [2.45, 2.75) is 6.54 Å². The lowest BCUT2D eigenvalue weighted by Crippen LogP contribution is -2.00. The number of rotatable bonds is 3. The molecule has 5 heteroatoms. The minimum atomic E-state index is -0.276. The van der Waals surface area contributed by atoms with Gasteiger partial charge in [-0.05, 0) is 48.1 Å². The van der Waals surface area contributed by atoms with Crippen LogP contribution in [0.1, 0.15) is 5.56 Å². The Balaban J connectivity index is 2.06. The van der Waals surface area contributed by atoms with E-state index < -0.39 is 0 Å². The molecule has 102 valence electrons. The number of H-pyrrole nitrogens is 1. The van der Waals surface area contributed by atoms with Gasteiger partial charge in [-0.2, -0.15) is 0 Å². The first-order valence-corrected chi connectivity index (χ1v) is 6.59. The van der Waals surface area contributed by atoms with Crippen LogP contribution in [0.15, 0.2) is 42.5 Å². The van der Waals surface area contributed by atoms with Crippen molar-refractivity contribution in [3.8, 4) is 5.75 Å². The summed E-state index contributed by atoms with van der Waals surface area (Å²) in [6.45, 7) is 0.613. The van der Waals surface area contributed by atoms with Gasteiger partial charge in [-0.25, -0.2) is 4.39 Å². The predicted molar refractivity (Wildman–Crippen MR) is 79.2 cm³/mol. The molecular weight excluding hydrogens is 275 g/mol. The van der Waals surface area contributed by atoms with Crippen molar-refractivity contribution in [1.29, 1.82) is 0 Å². The lowest BCUT2D eigenvalue weighted by molar-refractivity contribution is 0.414. The number of nitrogens with one attached hydrogen (secondary N) is 1. The third-order valence-electron chi connectivity index (χ3n) is 3.21. The number of aromatic nitrogens is 2. The third-order valence-corrected chi connectivity index (χ3v) is 3.53. The minimum absolute atomic E-state index is 0.276. The van der Waals surface area contributed by atoms with Crippen LogP contribution >= 0.6 is 12.2 Å². The standard InChI is InChI=1S/C15H13FN2OS/c1-19-12-4-2-3-10(7-12)9-18-14-6-5-11(16)8-13(14)17-15(18)20/h2-8H,9H2,1H3,(H,17,20). The average molecular weight is 288 g/mol. The summed E-state index contributed by atoms with van der Waals surface area (Å²) in [6, 6.07) is 12.4. The average Bonchev–Trinajstić information content (AvgIpc) is 2.74. The summed E-state index contributed by atoms with van der Waals surface area (Å²) in [5.74, 6) is 0.530. The smallest absolute Gasteiger partial charge is 0.178 e. The highest BCUT2D eigenvalue weighted by Crippen LogP contribution is 2.19. The van der Waals surface area contributed by atoms with E-state index in [4.69, 9.17) is 17.0 Å². The van der Waals surface area contributed by atoms with E-state index in [1.54, 1.807) is 13.2 Å². The summed E-state index contributed by atoms with van der Waals surface area (Å²) in [5, 5.41) is 0. The lowest BCUT2D eigenvalue weighted by atomic mass is 10.2. The fourth-order valence-electron chi connectivity index (χ4n) is 2.25. The van der Waals surface area contributed by atoms with E-state index in [0.717, 1.165) is 16.8 Å². The van der Waals surface area contributed by atoms with Gasteiger partial charge in [0.15, 0.2) is 4.77 Å². The molecule has 0 radical (unpaired) electrons. The Kier molecular flexibility index (Phi) is 3.28. The number of nitrogens with zero attached hydrogens (tertiary/aromatic N) is 1. The molecule has 1 N–H and O–H groups in total. The number of methoxy groups -OCH3 is 1. The number of hydrogen-bond donors (Lipinski definition) is 1. The van der Waals surface area contributed by atoms with E-state index in [9.17, 15) is 4.39 Å². The van der Waals surface area contributed by atoms with E-state index in [-0.39, 0.29) is 5.82 Å². The number of aromatic amines is 1. The SMILES string of the molecule is COc1cccc(Cn2c(=S)[nH]c3cc(F)ccc32)c1. The Hall–Kier alpha value is -2.14. The molecule has 2 aromatic carbocycles. The van der Waals surface area contributed by atoms with Crippen molar-refractivity contribution in [2.75, 3.05) is 7.11 Å². The second-order valence-corrected chi connectivity index (χ2v) is 4.92. The molecule has 0 aliphatic carbocycles. The predicted octanol–water partition coefficient (Wildman–Crippen LogP) is 3.89. The molecule has 0 saturated carbocycles. The maximum absolute atomic E-state index is 13.2. The van der Waals surface area contributed by atoms with E-state index in [2.05, 4.69) is 4.98 Å². The van der Waals surface area contributed by atoms with Crippen molar-refractivity contribution >= 4 is 23.3 Å². The van der Waals surface area contributed by atoms with Crippen LogP contribution < -0.4 is 4.74 Å². The number of fused-ring (bicyclic) bond motifs is 1. The molecule has 3 aromatic rings. The van der Waals surface area contributed by atoms with Crippen LogP contribution in [0.25, 0.3) is 11.0 Å². The zero-order valence-corrected chi connectivity index (χ0v) is 11.7. The summed E-state index contributed by atoms with van der Waals surface area (Å²) in [7, 11) is 1.64. The maximum Gasteiger partial charge on any atom is 0.178 e. The number of benzene rings is 2. The summed E-state index contributed by atoms with van der Waals surface area (Å²) >= 11 is 5.31. The summed E-state index contributed by atoms with van der Waals surface area (Å²) in [6.07, 6.45) is 0. The second-order valence-electron chi connectivity index (χ2n) is 4.53. The van der Waals surface area contributed by atoms with Crippen LogP contribution in [-0.4, -0.2) is 16.7 Å². The molecule has 3 nitrogen and oxygen atoms in total. The molecule has 1 aromatic heterocycles. The Morgan fingerprint density at radius 2 is 2.10 bits per heavy atom. The van der Waals surface area contributed by atoms with Crippen molar-refractivity contribution in [3.05, 3.63) is 58.6 Å². The molecule has 0 amide bonds. The zero-order valence-electron chi connectivity index (χ0n) is 10.9. The van der Waals surface area contributed by atoms with E-state index in [1.807, 2.05) is 28.8 Å². The van der Waals surface area contributed by atoms with Crippen LogP contribution in [0, 0.1) is 10.6 Å². The fraction of sp³-hybridized carbons (Fsp3) is 0.133. The van der Waals surface area contributed by atoms with Gasteiger partial charge in [0.2, 0.25) is 0 Å². The molecule has 0 bridgehead atoms. The van der Waals surface area contributed by atoms with E-state index >= 15 is 0 Å².